The van der Waals surface area contributed by atoms with Gasteiger partial charge in [-0.3, -0.25) is 0 Å². The fourth-order valence-electron chi connectivity index (χ4n) is 3.22. The maximum Gasteiger partial charge on any atom is 0.0408 e. The molecule has 0 amide bonds. The van der Waals surface area contributed by atoms with Crippen molar-refractivity contribution in [3.05, 3.63) is 34.3 Å². The molecule has 1 heterocycles. The third-order valence-electron chi connectivity index (χ3n) is 4.04. The standard InChI is InChI=1S/C14H18ClN/c15-12-5-6-14-10(8-12)3-4-11(14)9-13-2-1-7-16-13/h5-6,8,11,13,16H,1-4,7,9H2. The molecule has 1 aromatic rings. The van der Waals surface area contributed by atoms with E-state index in [-0.39, 0.29) is 0 Å². The maximum atomic E-state index is 6.03. The second-order valence-corrected chi connectivity index (χ2v) is 5.54. The normalized spacial score (nSPS) is 28.3. The SMILES string of the molecule is Clc1ccc2c(c1)CCC2CC1CCCN1. The molecule has 1 nitrogen and oxygen atoms in total. The fourth-order valence-corrected chi connectivity index (χ4v) is 3.42. The molecule has 1 saturated heterocycles. The van der Waals surface area contributed by atoms with Gasteiger partial charge in [0.1, 0.15) is 0 Å². The van der Waals surface area contributed by atoms with Crippen molar-refractivity contribution in [3.63, 3.8) is 0 Å². The van der Waals surface area contributed by atoms with E-state index < -0.39 is 0 Å². The summed E-state index contributed by atoms with van der Waals surface area (Å²) in [4.78, 5) is 0. The number of halogens is 1. The summed E-state index contributed by atoms with van der Waals surface area (Å²) in [5.41, 5.74) is 3.04. The first-order valence-electron chi connectivity index (χ1n) is 6.34. The molecule has 0 aromatic heterocycles. The monoisotopic (exact) mass is 235 g/mol. The van der Waals surface area contributed by atoms with E-state index >= 15 is 0 Å². The third kappa shape index (κ3) is 1.99. The second kappa shape index (κ2) is 4.38. The minimum atomic E-state index is 0.756. The van der Waals surface area contributed by atoms with Crippen LogP contribution < -0.4 is 5.32 Å². The summed E-state index contributed by atoms with van der Waals surface area (Å²) in [6, 6.07) is 7.19. The van der Waals surface area contributed by atoms with E-state index in [0.717, 1.165) is 17.0 Å². The summed E-state index contributed by atoms with van der Waals surface area (Å²) < 4.78 is 0. The number of hydrogen-bond donors (Lipinski definition) is 1. The van der Waals surface area contributed by atoms with E-state index in [9.17, 15) is 0 Å². The quantitative estimate of drug-likeness (QED) is 0.827. The predicted octanol–water partition coefficient (Wildman–Crippen LogP) is 3.51. The van der Waals surface area contributed by atoms with Crippen molar-refractivity contribution in [1.29, 1.82) is 0 Å². The van der Waals surface area contributed by atoms with E-state index in [2.05, 4.69) is 17.4 Å². The molecule has 2 aliphatic rings. The van der Waals surface area contributed by atoms with Gasteiger partial charge in [0, 0.05) is 11.1 Å². The molecule has 2 unspecified atom stereocenters. The molecule has 1 aliphatic heterocycles. The third-order valence-corrected chi connectivity index (χ3v) is 4.27. The molecule has 1 fully saturated rings. The average molecular weight is 236 g/mol. The Bertz CT molecular complexity index is 382. The Morgan fingerprint density at radius 3 is 3.06 bits per heavy atom. The van der Waals surface area contributed by atoms with Crippen molar-refractivity contribution in [2.45, 2.75) is 44.1 Å². The lowest BCUT2D eigenvalue weighted by molar-refractivity contribution is 0.488. The van der Waals surface area contributed by atoms with Crippen LogP contribution in [0, 0.1) is 0 Å². The van der Waals surface area contributed by atoms with Crippen molar-refractivity contribution in [2.75, 3.05) is 6.54 Å². The second-order valence-electron chi connectivity index (χ2n) is 5.11. The summed E-state index contributed by atoms with van der Waals surface area (Å²) in [5.74, 6) is 0.767. The zero-order valence-corrected chi connectivity index (χ0v) is 10.3. The van der Waals surface area contributed by atoms with Gasteiger partial charge in [0.05, 0.1) is 0 Å². The molecule has 0 radical (unpaired) electrons. The summed E-state index contributed by atoms with van der Waals surface area (Å²) in [5, 5.41) is 4.49. The summed E-state index contributed by atoms with van der Waals surface area (Å²) in [6.45, 7) is 1.21. The van der Waals surface area contributed by atoms with Gasteiger partial charge in [0.2, 0.25) is 0 Å². The lowest BCUT2D eigenvalue weighted by Gasteiger charge is -2.17. The van der Waals surface area contributed by atoms with Gasteiger partial charge < -0.3 is 5.32 Å². The van der Waals surface area contributed by atoms with Crippen LogP contribution in [0.15, 0.2) is 18.2 Å². The van der Waals surface area contributed by atoms with Crippen molar-refractivity contribution >= 4 is 11.6 Å². The van der Waals surface area contributed by atoms with E-state index in [1.54, 1.807) is 5.56 Å². The summed E-state index contributed by atoms with van der Waals surface area (Å²) in [6.07, 6.45) is 6.56. The van der Waals surface area contributed by atoms with Crippen LogP contribution in [0.4, 0.5) is 0 Å². The van der Waals surface area contributed by atoms with Crippen molar-refractivity contribution in [3.8, 4) is 0 Å². The Morgan fingerprint density at radius 2 is 2.25 bits per heavy atom. The van der Waals surface area contributed by atoms with Crippen LogP contribution >= 0.6 is 11.6 Å². The average Bonchev–Trinajstić information content (AvgIpc) is 2.89. The number of nitrogens with one attached hydrogen (secondary N) is 1. The van der Waals surface area contributed by atoms with Crippen LogP contribution in [-0.2, 0) is 6.42 Å². The minimum Gasteiger partial charge on any atom is -0.314 e. The van der Waals surface area contributed by atoms with E-state index in [0.29, 0.717) is 0 Å². The Balaban J connectivity index is 1.75. The van der Waals surface area contributed by atoms with Crippen molar-refractivity contribution in [1.82, 2.24) is 5.32 Å². The molecule has 86 valence electrons. The van der Waals surface area contributed by atoms with Gasteiger partial charge in [-0.25, -0.2) is 0 Å². The number of benzene rings is 1. The van der Waals surface area contributed by atoms with Gasteiger partial charge in [-0.15, -0.1) is 0 Å². The van der Waals surface area contributed by atoms with Gasteiger partial charge in [0.25, 0.3) is 0 Å². The topological polar surface area (TPSA) is 12.0 Å². The molecule has 16 heavy (non-hydrogen) atoms. The molecule has 0 spiro atoms. The lowest BCUT2D eigenvalue weighted by atomic mass is 9.93. The molecule has 3 rings (SSSR count). The molecular weight excluding hydrogens is 218 g/mol. The van der Waals surface area contributed by atoms with Crippen LogP contribution in [0.2, 0.25) is 5.02 Å². The molecule has 2 atom stereocenters. The first-order valence-corrected chi connectivity index (χ1v) is 6.72. The van der Waals surface area contributed by atoms with Gasteiger partial charge in [0.15, 0.2) is 0 Å². The zero-order valence-electron chi connectivity index (χ0n) is 9.51. The van der Waals surface area contributed by atoms with E-state index in [1.807, 2.05) is 6.07 Å². The Kier molecular flexibility index (Phi) is 2.91. The summed E-state index contributed by atoms with van der Waals surface area (Å²) in [7, 11) is 0. The van der Waals surface area contributed by atoms with Crippen molar-refractivity contribution in [2.24, 2.45) is 0 Å². The largest absolute Gasteiger partial charge is 0.314 e. The van der Waals surface area contributed by atoms with Crippen LogP contribution in [0.1, 0.15) is 42.7 Å². The highest BCUT2D eigenvalue weighted by Gasteiger charge is 2.26. The molecule has 1 aliphatic carbocycles. The molecule has 1 aromatic carbocycles. The van der Waals surface area contributed by atoms with Crippen LogP contribution in [0.3, 0.4) is 0 Å². The van der Waals surface area contributed by atoms with Gasteiger partial charge in [-0.2, -0.15) is 0 Å². The van der Waals surface area contributed by atoms with Gasteiger partial charge in [-0.05, 0) is 67.8 Å². The highest BCUT2D eigenvalue weighted by molar-refractivity contribution is 6.30. The van der Waals surface area contributed by atoms with Crippen LogP contribution in [-0.4, -0.2) is 12.6 Å². The maximum absolute atomic E-state index is 6.03. The van der Waals surface area contributed by atoms with Crippen LogP contribution in [0.5, 0.6) is 0 Å². The smallest absolute Gasteiger partial charge is 0.0408 e. The first kappa shape index (κ1) is 10.6. The Labute approximate surface area is 102 Å². The van der Waals surface area contributed by atoms with Gasteiger partial charge in [-0.1, -0.05) is 17.7 Å². The first-order chi connectivity index (χ1) is 7.83. The number of hydrogen-bond acceptors (Lipinski definition) is 1. The molecular formula is C14H18ClN. The lowest BCUT2D eigenvalue weighted by Crippen LogP contribution is -2.23. The number of fused-ring (bicyclic) bond motifs is 1. The van der Waals surface area contributed by atoms with Gasteiger partial charge >= 0.3 is 0 Å². The molecule has 1 N–H and O–H groups in total. The Morgan fingerprint density at radius 1 is 1.31 bits per heavy atom. The zero-order chi connectivity index (χ0) is 11.0. The number of rotatable bonds is 2. The van der Waals surface area contributed by atoms with Crippen LogP contribution in [0.25, 0.3) is 0 Å². The fraction of sp³-hybridized carbons (Fsp3) is 0.571. The van der Waals surface area contributed by atoms with E-state index in [1.165, 1.54) is 44.2 Å². The van der Waals surface area contributed by atoms with E-state index in [4.69, 9.17) is 11.6 Å². The molecule has 0 bridgehead atoms. The number of aryl methyl sites for hydroxylation is 1. The highest BCUT2D eigenvalue weighted by Crippen LogP contribution is 2.38. The molecule has 0 saturated carbocycles. The Hall–Kier alpha value is -0.530. The van der Waals surface area contributed by atoms with Crippen molar-refractivity contribution < 1.29 is 0 Å². The molecule has 2 heteroatoms. The predicted molar refractivity (Wildman–Crippen MR) is 68.2 cm³/mol. The highest BCUT2D eigenvalue weighted by atomic mass is 35.5. The summed E-state index contributed by atoms with van der Waals surface area (Å²) >= 11 is 6.03. The minimum absolute atomic E-state index is 0.756.